The van der Waals surface area contributed by atoms with Gasteiger partial charge in [0.25, 0.3) is 0 Å². The Balaban J connectivity index is 1.94. The lowest BCUT2D eigenvalue weighted by Gasteiger charge is -2.23. The van der Waals surface area contributed by atoms with Crippen molar-refractivity contribution in [3.05, 3.63) is 59.7 Å². The number of nitrogens with zero attached hydrogens (tertiary/aromatic N) is 1. The molecule has 0 spiro atoms. The summed E-state index contributed by atoms with van der Waals surface area (Å²) in [5.74, 6) is 1.59. The second-order valence-electron chi connectivity index (χ2n) is 8.15. The summed E-state index contributed by atoms with van der Waals surface area (Å²) in [6, 6.07) is 15.8. The van der Waals surface area contributed by atoms with Gasteiger partial charge in [-0.2, -0.15) is 0 Å². The van der Waals surface area contributed by atoms with Crippen molar-refractivity contribution in [2.24, 2.45) is 0 Å². The summed E-state index contributed by atoms with van der Waals surface area (Å²) >= 11 is 0. The monoisotopic (exact) mass is 483 g/mol. The summed E-state index contributed by atoms with van der Waals surface area (Å²) < 4.78 is 51.8. The predicted molar refractivity (Wildman–Crippen MR) is 127 cm³/mol. The fourth-order valence-corrected chi connectivity index (χ4v) is 3.92. The van der Waals surface area contributed by atoms with Gasteiger partial charge in [-0.05, 0) is 70.1 Å². The van der Waals surface area contributed by atoms with Crippen LogP contribution in [0.25, 0.3) is 0 Å². The highest BCUT2D eigenvalue weighted by molar-refractivity contribution is 7.48. The molecule has 0 aliphatic carbocycles. The minimum absolute atomic E-state index is 0.222. The molecule has 7 nitrogen and oxygen atoms in total. The second kappa shape index (κ2) is 13.7. The van der Waals surface area contributed by atoms with Crippen LogP contribution in [0.3, 0.4) is 0 Å². The highest BCUT2D eigenvalue weighted by Gasteiger charge is 2.26. The van der Waals surface area contributed by atoms with E-state index in [-0.39, 0.29) is 6.61 Å². The fourth-order valence-electron chi connectivity index (χ4n) is 3.17. The van der Waals surface area contributed by atoms with Crippen molar-refractivity contribution < 1.29 is 32.0 Å². The molecular formula is C24H35FNO6P. The average molecular weight is 484 g/mol. The lowest BCUT2D eigenvalue weighted by atomic mass is 10.0. The molecule has 2 aromatic rings. The molecule has 2 aromatic carbocycles. The number of likely N-dealkylation sites (N-methyl/N-ethyl adjacent to an activating group) is 1. The van der Waals surface area contributed by atoms with Gasteiger partial charge in [-0.3, -0.25) is 9.05 Å². The zero-order valence-corrected chi connectivity index (χ0v) is 20.9. The Morgan fingerprint density at radius 2 is 1.82 bits per heavy atom. The van der Waals surface area contributed by atoms with E-state index in [0.717, 1.165) is 29.9 Å². The SMILES string of the molecule is COc1cccc(CCc2ccccc2OCC(CN(C)C)OCO[P@@](=O)(F)OC(C)C)c1. The quantitative estimate of drug-likeness (QED) is 0.252. The van der Waals surface area contributed by atoms with Gasteiger partial charge in [0.2, 0.25) is 0 Å². The molecule has 2 atom stereocenters. The van der Waals surface area contributed by atoms with E-state index in [2.05, 4.69) is 10.6 Å². The number of ether oxygens (including phenoxy) is 3. The van der Waals surface area contributed by atoms with Crippen LogP contribution in [-0.2, 0) is 31.2 Å². The molecule has 0 aromatic heterocycles. The van der Waals surface area contributed by atoms with Crippen LogP contribution in [0.2, 0.25) is 0 Å². The third kappa shape index (κ3) is 10.7. The smallest absolute Gasteiger partial charge is 0.497 e. The molecule has 0 aliphatic heterocycles. The lowest BCUT2D eigenvalue weighted by Crippen LogP contribution is -2.34. The van der Waals surface area contributed by atoms with E-state index in [9.17, 15) is 8.76 Å². The predicted octanol–water partition coefficient (Wildman–Crippen LogP) is 5.28. The molecule has 0 heterocycles. The Bertz CT molecular complexity index is 895. The minimum Gasteiger partial charge on any atom is -0.497 e. The molecule has 0 radical (unpaired) electrons. The topological polar surface area (TPSA) is 66.5 Å². The van der Waals surface area contributed by atoms with Gasteiger partial charge in [0.1, 0.15) is 24.2 Å². The third-order valence-corrected chi connectivity index (χ3v) is 5.72. The maximum absolute atomic E-state index is 13.8. The molecule has 1 unspecified atom stereocenters. The van der Waals surface area contributed by atoms with Gasteiger partial charge in [0, 0.05) is 6.54 Å². The van der Waals surface area contributed by atoms with E-state index in [1.807, 2.05) is 61.5 Å². The van der Waals surface area contributed by atoms with Crippen molar-refractivity contribution in [1.82, 2.24) is 4.90 Å². The minimum atomic E-state index is -4.66. The summed E-state index contributed by atoms with van der Waals surface area (Å²) in [6.45, 7) is 3.38. The van der Waals surface area contributed by atoms with Crippen LogP contribution in [-0.4, -0.2) is 58.3 Å². The van der Waals surface area contributed by atoms with Crippen molar-refractivity contribution >= 4 is 7.91 Å². The molecule has 33 heavy (non-hydrogen) atoms. The Kier molecular flexibility index (Phi) is 11.3. The van der Waals surface area contributed by atoms with Crippen LogP contribution in [0.1, 0.15) is 25.0 Å². The highest BCUT2D eigenvalue weighted by Crippen LogP contribution is 2.50. The van der Waals surface area contributed by atoms with Gasteiger partial charge in [0.05, 0.1) is 13.2 Å². The Labute approximate surface area is 196 Å². The fraction of sp³-hybridized carbons (Fsp3) is 0.500. The van der Waals surface area contributed by atoms with Crippen LogP contribution in [0, 0.1) is 0 Å². The summed E-state index contributed by atoms with van der Waals surface area (Å²) in [5, 5.41) is 0. The van der Waals surface area contributed by atoms with Crippen LogP contribution in [0.4, 0.5) is 4.20 Å². The van der Waals surface area contributed by atoms with Crippen LogP contribution >= 0.6 is 7.91 Å². The van der Waals surface area contributed by atoms with E-state index in [4.69, 9.17) is 18.7 Å². The van der Waals surface area contributed by atoms with Crippen LogP contribution in [0.15, 0.2) is 48.5 Å². The Morgan fingerprint density at radius 3 is 2.52 bits per heavy atom. The van der Waals surface area contributed by atoms with Crippen LogP contribution < -0.4 is 9.47 Å². The number of aryl methyl sites for hydroxylation is 2. The molecule has 0 saturated heterocycles. The number of halogens is 1. The highest BCUT2D eigenvalue weighted by atomic mass is 31.2. The normalized spacial score (nSPS) is 14.3. The molecule has 184 valence electrons. The first-order chi connectivity index (χ1) is 15.7. The molecular weight excluding hydrogens is 448 g/mol. The third-order valence-electron chi connectivity index (χ3n) is 4.63. The molecule has 2 rings (SSSR count). The van der Waals surface area contributed by atoms with Gasteiger partial charge in [-0.25, -0.2) is 4.57 Å². The van der Waals surface area contributed by atoms with Crippen molar-refractivity contribution in [2.75, 3.05) is 41.1 Å². The molecule has 0 fully saturated rings. The van der Waals surface area contributed by atoms with Gasteiger partial charge in [0.15, 0.2) is 6.79 Å². The second-order valence-corrected chi connectivity index (χ2v) is 9.48. The van der Waals surface area contributed by atoms with Crippen molar-refractivity contribution in [3.8, 4) is 11.5 Å². The number of para-hydroxylation sites is 1. The lowest BCUT2D eigenvalue weighted by molar-refractivity contribution is -0.0699. The maximum Gasteiger partial charge on any atom is 0.515 e. The van der Waals surface area contributed by atoms with Gasteiger partial charge in [-0.1, -0.05) is 30.3 Å². The van der Waals surface area contributed by atoms with Crippen molar-refractivity contribution in [3.63, 3.8) is 0 Å². The standard InChI is InChI=1S/C24H35FNO6P/c1-19(2)32-33(25,27)31-18-30-23(16-26(3)4)17-29-24-12-7-6-10-21(24)14-13-20-9-8-11-22(15-20)28-5/h6-12,15,19,23H,13-14,16-18H2,1-5H3/t23?,33-/m0/s1. The first-order valence-corrected chi connectivity index (χ1v) is 12.3. The summed E-state index contributed by atoms with van der Waals surface area (Å²) in [5.41, 5.74) is 2.24. The van der Waals surface area contributed by atoms with E-state index < -0.39 is 26.9 Å². The van der Waals surface area contributed by atoms with Gasteiger partial charge < -0.3 is 19.1 Å². The number of hydrogen-bond donors (Lipinski definition) is 0. The first-order valence-electron chi connectivity index (χ1n) is 10.9. The largest absolute Gasteiger partial charge is 0.515 e. The molecule has 9 heteroatoms. The molecule has 0 N–H and O–H groups in total. The van der Waals surface area contributed by atoms with Gasteiger partial charge >= 0.3 is 7.91 Å². The Hall–Kier alpha value is -1.96. The number of hydrogen-bond acceptors (Lipinski definition) is 7. The maximum atomic E-state index is 13.8. The van der Waals surface area contributed by atoms with Crippen molar-refractivity contribution in [2.45, 2.75) is 38.9 Å². The zero-order chi connectivity index (χ0) is 24.3. The molecule has 0 amide bonds. The van der Waals surface area contributed by atoms with E-state index >= 15 is 0 Å². The number of methoxy groups -OCH3 is 1. The Morgan fingerprint density at radius 1 is 1.06 bits per heavy atom. The van der Waals surface area contributed by atoms with E-state index in [0.29, 0.717) is 6.54 Å². The number of benzene rings is 2. The van der Waals surface area contributed by atoms with Crippen molar-refractivity contribution in [1.29, 1.82) is 0 Å². The first kappa shape index (κ1) is 27.3. The van der Waals surface area contributed by atoms with Crippen LogP contribution in [0.5, 0.6) is 11.5 Å². The molecule has 0 aliphatic rings. The summed E-state index contributed by atoms with van der Waals surface area (Å²) in [6.07, 6.45) is 0.647. The number of rotatable bonds is 15. The zero-order valence-electron chi connectivity index (χ0n) is 20.0. The molecule has 0 bridgehead atoms. The average Bonchev–Trinajstić information content (AvgIpc) is 2.75. The summed E-state index contributed by atoms with van der Waals surface area (Å²) in [4.78, 5) is 1.92. The summed E-state index contributed by atoms with van der Waals surface area (Å²) in [7, 11) is 0.780. The van der Waals surface area contributed by atoms with E-state index in [1.54, 1.807) is 21.0 Å². The van der Waals surface area contributed by atoms with Gasteiger partial charge in [-0.15, -0.1) is 4.20 Å². The van der Waals surface area contributed by atoms with E-state index in [1.165, 1.54) is 5.56 Å². The molecule has 0 saturated carbocycles.